The topological polar surface area (TPSA) is 105 Å². The Hall–Kier alpha value is -0.500. The van der Waals surface area contributed by atoms with Crippen molar-refractivity contribution in [1.82, 2.24) is 5.32 Å². The molecule has 0 aliphatic heterocycles. The van der Waals surface area contributed by atoms with Gasteiger partial charge in [-0.15, -0.1) is 0 Å². The highest BCUT2D eigenvalue weighted by Gasteiger charge is 2.28. The Morgan fingerprint density at radius 1 is 0.698 bits per heavy atom. The molecule has 0 aromatic heterocycles. The number of aliphatic hydroxyl groups excluding tert-OH is 1. The highest BCUT2D eigenvalue weighted by Crippen LogP contribution is 2.43. The van der Waals surface area contributed by atoms with Gasteiger partial charge in [-0.25, -0.2) is 4.57 Å². The summed E-state index contributed by atoms with van der Waals surface area (Å²) in [5.74, 6) is -0.150. The molecule has 0 fully saturated rings. The van der Waals surface area contributed by atoms with Crippen molar-refractivity contribution in [3.8, 4) is 0 Å². The van der Waals surface area contributed by atoms with E-state index >= 15 is 0 Å². The Morgan fingerprint density at radius 2 is 1.12 bits per heavy atom. The first-order valence-corrected chi connectivity index (χ1v) is 19.4. The molecular formula is C34H72N2O6P+. The average Bonchev–Trinajstić information content (AvgIpc) is 2.94. The summed E-state index contributed by atoms with van der Waals surface area (Å²) in [5.41, 5.74) is 0. The van der Waals surface area contributed by atoms with E-state index in [-0.39, 0.29) is 19.1 Å². The number of carbonyl (C=O) groups excluding carboxylic acids is 1. The molecule has 0 rings (SSSR count). The highest BCUT2D eigenvalue weighted by molar-refractivity contribution is 7.47. The molecule has 0 aliphatic rings. The van der Waals surface area contributed by atoms with Crippen LogP contribution in [0.15, 0.2) is 0 Å². The van der Waals surface area contributed by atoms with Crippen LogP contribution in [0.25, 0.3) is 0 Å². The molecule has 0 saturated carbocycles. The van der Waals surface area contributed by atoms with Crippen molar-refractivity contribution in [3.63, 3.8) is 0 Å². The third-order valence-corrected chi connectivity index (χ3v) is 9.09. The molecular weight excluding hydrogens is 563 g/mol. The molecule has 0 saturated heterocycles. The molecule has 0 aromatic carbocycles. The maximum Gasteiger partial charge on any atom is 0.472 e. The second kappa shape index (κ2) is 27.8. The van der Waals surface area contributed by atoms with E-state index in [1.165, 1.54) is 96.3 Å². The number of nitrogens with one attached hydrogen (secondary N) is 1. The zero-order valence-electron chi connectivity index (χ0n) is 29.0. The lowest BCUT2D eigenvalue weighted by Gasteiger charge is -2.26. The van der Waals surface area contributed by atoms with Crippen molar-refractivity contribution >= 4 is 13.7 Å². The van der Waals surface area contributed by atoms with Crippen molar-refractivity contribution in [1.29, 1.82) is 0 Å². The summed E-state index contributed by atoms with van der Waals surface area (Å²) in [5, 5.41) is 13.8. The smallest absolute Gasteiger partial charge is 0.391 e. The van der Waals surface area contributed by atoms with Crippen LogP contribution in [0, 0.1) is 0 Å². The number of phosphoric ester groups is 1. The number of quaternary nitrogens is 1. The molecule has 0 radical (unpaired) electrons. The lowest BCUT2D eigenvalue weighted by atomic mass is 10.0. The fourth-order valence-corrected chi connectivity index (χ4v) is 5.90. The van der Waals surface area contributed by atoms with Gasteiger partial charge in [-0.2, -0.15) is 0 Å². The Balaban J connectivity index is 4.47. The van der Waals surface area contributed by atoms with E-state index in [0.717, 1.165) is 38.5 Å². The van der Waals surface area contributed by atoms with Gasteiger partial charge >= 0.3 is 7.82 Å². The van der Waals surface area contributed by atoms with Crippen LogP contribution >= 0.6 is 7.82 Å². The number of amides is 1. The van der Waals surface area contributed by atoms with Crippen molar-refractivity contribution in [2.45, 2.75) is 174 Å². The fraction of sp³-hybridized carbons (Fsp3) is 0.971. The molecule has 3 N–H and O–H groups in total. The fourth-order valence-electron chi connectivity index (χ4n) is 5.16. The Bertz CT molecular complexity index is 688. The molecule has 3 atom stereocenters. The third kappa shape index (κ3) is 29.9. The number of carbonyl (C=O) groups is 1. The molecule has 1 amide bonds. The van der Waals surface area contributed by atoms with Crippen LogP contribution in [0.3, 0.4) is 0 Å². The molecule has 43 heavy (non-hydrogen) atoms. The zero-order valence-corrected chi connectivity index (χ0v) is 29.9. The first-order chi connectivity index (χ1) is 20.5. The summed E-state index contributed by atoms with van der Waals surface area (Å²) < 4.78 is 23.4. The van der Waals surface area contributed by atoms with E-state index in [2.05, 4.69) is 19.2 Å². The maximum absolute atomic E-state index is 12.7. The summed E-state index contributed by atoms with van der Waals surface area (Å²) in [6, 6.07) is -0.749. The highest BCUT2D eigenvalue weighted by atomic mass is 31.2. The van der Waals surface area contributed by atoms with Crippen molar-refractivity contribution in [2.75, 3.05) is 40.9 Å². The van der Waals surface area contributed by atoms with Gasteiger partial charge in [0.05, 0.1) is 39.9 Å². The van der Waals surface area contributed by atoms with Gasteiger partial charge in [0.25, 0.3) is 0 Å². The number of hydrogen-bond acceptors (Lipinski definition) is 5. The van der Waals surface area contributed by atoms with Gasteiger partial charge in [-0.1, -0.05) is 142 Å². The third-order valence-electron chi connectivity index (χ3n) is 8.11. The van der Waals surface area contributed by atoms with E-state index < -0.39 is 20.0 Å². The summed E-state index contributed by atoms with van der Waals surface area (Å²) >= 11 is 0. The standard InChI is InChI=1S/C34H71N2O6P/c1-6-8-10-12-14-16-17-18-19-20-21-23-25-27-33(37)32(31-42-43(39,40)41-30-29-36(3,4)5)35-34(38)28-26-24-22-15-13-11-9-7-2/h32-33,37H,6-31H2,1-5H3,(H-,35,38,39,40)/p+1. The zero-order chi connectivity index (χ0) is 32.2. The largest absolute Gasteiger partial charge is 0.472 e. The Kier molecular flexibility index (Phi) is 27.5. The van der Waals surface area contributed by atoms with Crippen LogP contribution in [0.1, 0.15) is 162 Å². The van der Waals surface area contributed by atoms with Gasteiger partial charge in [-0.05, 0) is 12.8 Å². The van der Waals surface area contributed by atoms with E-state index in [0.29, 0.717) is 23.9 Å². The number of nitrogens with zero attached hydrogens (tertiary/aromatic N) is 1. The van der Waals surface area contributed by atoms with Crippen molar-refractivity contribution < 1.29 is 32.9 Å². The van der Waals surface area contributed by atoms with Crippen LogP contribution in [0.5, 0.6) is 0 Å². The molecule has 0 aromatic rings. The molecule has 258 valence electrons. The molecule has 0 bridgehead atoms. The van der Waals surface area contributed by atoms with E-state index in [1.54, 1.807) is 0 Å². The van der Waals surface area contributed by atoms with Crippen molar-refractivity contribution in [2.24, 2.45) is 0 Å². The molecule has 8 nitrogen and oxygen atoms in total. The van der Waals surface area contributed by atoms with E-state index in [9.17, 15) is 19.4 Å². The SMILES string of the molecule is CCCCCCCCCCCCCCCC(O)C(COP(=O)(O)OCC[N+](C)(C)C)NC(=O)CCCCCCCCCC. The molecule has 3 unspecified atom stereocenters. The normalized spacial score (nSPS) is 14.9. The monoisotopic (exact) mass is 636 g/mol. The van der Waals surface area contributed by atoms with E-state index in [1.807, 2.05) is 21.1 Å². The summed E-state index contributed by atoms with van der Waals surface area (Å²) in [7, 11) is 1.62. The van der Waals surface area contributed by atoms with Gasteiger partial charge in [-0.3, -0.25) is 13.8 Å². The maximum atomic E-state index is 12.7. The minimum atomic E-state index is -4.29. The van der Waals surface area contributed by atoms with Gasteiger partial charge in [0, 0.05) is 6.42 Å². The van der Waals surface area contributed by atoms with Gasteiger partial charge in [0.1, 0.15) is 13.2 Å². The minimum absolute atomic E-state index is 0.0776. The Labute approximate surface area is 266 Å². The quantitative estimate of drug-likeness (QED) is 0.0388. The molecule has 0 aliphatic carbocycles. The Morgan fingerprint density at radius 3 is 1.56 bits per heavy atom. The van der Waals surface area contributed by atoms with Gasteiger partial charge < -0.3 is 19.8 Å². The van der Waals surface area contributed by atoms with E-state index in [4.69, 9.17) is 9.05 Å². The second-order valence-electron chi connectivity index (χ2n) is 13.6. The second-order valence-corrected chi connectivity index (χ2v) is 15.1. The summed E-state index contributed by atoms with van der Waals surface area (Å²) in [6.45, 7) is 4.83. The minimum Gasteiger partial charge on any atom is -0.391 e. The first kappa shape index (κ1) is 42.5. The number of likely N-dealkylation sites (N-methyl/N-ethyl adjacent to an activating group) is 1. The number of unbranched alkanes of at least 4 members (excludes halogenated alkanes) is 19. The van der Waals surface area contributed by atoms with Crippen LogP contribution in [-0.4, -0.2) is 73.4 Å². The first-order valence-electron chi connectivity index (χ1n) is 17.9. The molecule has 0 spiro atoms. The van der Waals surface area contributed by atoms with Crippen LogP contribution in [-0.2, 0) is 18.4 Å². The van der Waals surface area contributed by atoms with Crippen LogP contribution < -0.4 is 5.32 Å². The number of phosphoric acid groups is 1. The number of hydrogen-bond donors (Lipinski definition) is 3. The average molecular weight is 636 g/mol. The summed E-state index contributed by atoms with van der Waals surface area (Å²) in [4.78, 5) is 22.8. The number of aliphatic hydroxyl groups is 1. The van der Waals surface area contributed by atoms with Gasteiger partial charge in [0.15, 0.2) is 0 Å². The lowest BCUT2D eigenvalue weighted by molar-refractivity contribution is -0.870. The lowest BCUT2D eigenvalue weighted by Crippen LogP contribution is -2.46. The molecule has 9 heteroatoms. The molecule has 0 heterocycles. The predicted molar refractivity (Wildman–Crippen MR) is 180 cm³/mol. The predicted octanol–water partition coefficient (Wildman–Crippen LogP) is 8.68. The van der Waals surface area contributed by atoms with Crippen LogP contribution in [0.4, 0.5) is 0 Å². The number of rotatable bonds is 32. The van der Waals surface area contributed by atoms with Crippen LogP contribution in [0.2, 0.25) is 0 Å². The van der Waals surface area contributed by atoms with Crippen molar-refractivity contribution in [3.05, 3.63) is 0 Å². The van der Waals surface area contributed by atoms with Gasteiger partial charge in [0.2, 0.25) is 5.91 Å². The summed E-state index contributed by atoms with van der Waals surface area (Å²) in [6.07, 6.45) is 25.5.